The third-order valence-corrected chi connectivity index (χ3v) is 3.59. The van der Waals surface area contributed by atoms with Crippen molar-refractivity contribution in [1.82, 2.24) is 4.90 Å². The third-order valence-electron chi connectivity index (χ3n) is 3.59. The van der Waals surface area contributed by atoms with Crippen LogP contribution in [0, 0.1) is 6.92 Å². The zero-order valence-corrected chi connectivity index (χ0v) is 13.9. The second-order valence-electron chi connectivity index (χ2n) is 6.81. The zero-order valence-electron chi connectivity index (χ0n) is 13.9. The van der Waals surface area contributed by atoms with Crippen LogP contribution in [0.5, 0.6) is 5.75 Å². The van der Waals surface area contributed by atoms with Crippen LogP contribution in [0.25, 0.3) is 0 Å². The minimum atomic E-state index is -0.453. The zero-order chi connectivity index (χ0) is 16.3. The number of rotatable bonds is 2. The Morgan fingerprint density at radius 3 is 2.45 bits per heavy atom. The maximum atomic E-state index is 12.0. The SMILES string of the molecule is Cc1cc(N)ccc1OC1CCN(C(=O)OC(C)(C)C)CC1. The quantitative estimate of drug-likeness (QED) is 0.851. The molecule has 5 heteroatoms. The molecular weight excluding hydrogens is 280 g/mol. The van der Waals surface area contributed by atoms with Crippen LogP contribution in [0.3, 0.4) is 0 Å². The number of hydrogen-bond donors (Lipinski definition) is 1. The lowest BCUT2D eigenvalue weighted by Crippen LogP contribution is -2.44. The number of amides is 1. The van der Waals surface area contributed by atoms with Gasteiger partial charge in [-0.15, -0.1) is 0 Å². The first-order valence-corrected chi connectivity index (χ1v) is 7.75. The molecule has 0 bridgehead atoms. The number of ether oxygens (including phenoxy) is 2. The molecule has 1 heterocycles. The topological polar surface area (TPSA) is 64.8 Å². The van der Waals surface area contributed by atoms with E-state index in [4.69, 9.17) is 15.2 Å². The molecule has 1 aromatic rings. The molecule has 122 valence electrons. The molecule has 22 heavy (non-hydrogen) atoms. The van der Waals surface area contributed by atoms with Crippen molar-refractivity contribution >= 4 is 11.8 Å². The number of benzene rings is 1. The molecule has 2 rings (SSSR count). The van der Waals surface area contributed by atoms with Crippen LogP contribution < -0.4 is 10.5 Å². The van der Waals surface area contributed by atoms with Gasteiger partial charge in [0.1, 0.15) is 17.5 Å². The van der Waals surface area contributed by atoms with Crippen molar-refractivity contribution < 1.29 is 14.3 Å². The van der Waals surface area contributed by atoms with Crippen LogP contribution in [0.1, 0.15) is 39.2 Å². The minimum Gasteiger partial charge on any atom is -0.490 e. The van der Waals surface area contributed by atoms with E-state index in [1.54, 1.807) is 4.90 Å². The van der Waals surface area contributed by atoms with Gasteiger partial charge in [-0.05, 0) is 51.5 Å². The van der Waals surface area contributed by atoms with Crippen LogP contribution >= 0.6 is 0 Å². The van der Waals surface area contributed by atoms with Crippen molar-refractivity contribution in [2.24, 2.45) is 0 Å². The van der Waals surface area contributed by atoms with Gasteiger partial charge in [0.15, 0.2) is 0 Å². The smallest absolute Gasteiger partial charge is 0.410 e. The molecule has 0 unspecified atom stereocenters. The van der Waals surface area contributed by atoms with E-state index in [9.17, 15) is 4.79 Å². The van der Waals surface area contributed by atoms with Crippen molar-refractivity contribution in [1.29, 1.82) is 0 Å². The van der Waals surface area contributed by atoms with Crippen LogP contribution in [0.2, 0.25) is 0 Å². The predicted molar refractivity (Wildman–Crippen MR) is 87.0 cm³/mol. The van der Waals surface area contributed by atoms with E-state index < -0.39 is 5.60 Å². The Morgan fingerprint density at radius 2 is 1.91 bits per heavy atom. The number of nitrogens with zero attached hydrogens (tertiary/aromatic N) is 1. The molecule has 1 saturated heterocycles. The monoisotopic (exact) mass is 306 g/mol. The van der Waals surface area contributed by atoms with Gasteiger partial charge in [-0.3, -0.25) is 0 Å². The average molecular weight is 306 g/mol. The summed E-state index contributed by atoms with van der Waals surface area (Å²) >= 11 is 0. The highest BCUT2D eigenvalue weighted by molar-refractivity contribution is 5.68. The molecule has 0 aromatic heterocycles. The van der Waals surface area contributed by atoms with Crippen LogP contribution in [-0.4, -0.2) is 35.8 Å². The number of likely N-dealkylation sites (tertiary alicyclic amines) is 1. The Balaban J connectivity index is 1.86. The molecule has 2 N–H and O–H groups in total. The highest BCUT2D eigenvalue weighted by Gasteiger charge is 2.27. The maximum absolute atomic E-state index is 12.0. The average Bonchev–Trinajstić information content (AvgIpc) is 2.41. The lowest BCUT2D eigenvalue weighted by Gasteiger charge is -2.33. The van der Waals surface area contributed by atoms with Crippen molar-refractivity contribution in [2.75, 3.05) is 18.8 Å². The molecule has 1 aliphatic rings. The number of nitrogens with two attached hydrogens (primary N) is 1. The summed E-state index contributed by atoms with van der Waals surface area (Å²) in [6.07, 6.45) is 1.50. The van der Waals surface area contributed by atoms with E-state index in [2.05, 4.69) is 0 Å². The summed E-state index contributed by atoms with van der Waals surface area (Å²) in [6, 6.07) is 5.66. The minimum absolute atomic E-state index is 0.126. The second-order valence-corrected chi connectivity index (χ2v) is 6.81. The fourth-order valence-corrected chi connectivity index (χ4v) is 2.47. The van der Waals surface area contributed by atoms with E-state index in [-0.39, 0.29) is 12.2 Å². The van der Waals surface area contributed by atoms with Crippen LogP contribution in [0.4, 0.5) is 10.5 Å². The van der Waals surface area contributed by atoms with Gasteiger partial charge in [-0.2, -0.15) is 0 Å². The number of anilines is 1. The summed E-state index contributed by atoms with van der Waals surface area (Å²) in [5.41, 5.74) is 7.07. The highest BCUT2D eigenvalue weighted by atomic mass is 16.6. The van der Waals surface area contributed by atoms with E-state index in [1.807, 2.05) is 45.9 Å². The van der Waals surface area contributed by atoms with Gasteiger partial charge in [0.25, 0.3) is 0 Å². The summed E-state index contributed by atoms with van der Waals surface area (Å²) in [6.45, 7) is 8.95. The summed E-state index contributed by atoms with van der Waals surface area (Å²) in [5.74, 6) is 0.866. The normalized spacial score (nSPS) is 16.5. The van der Waals surface area contributed by atoms with Crippen molar-refractivity contribution in [2.45, 2.75) is 52.2 Å². The Hall–Kier alpha value is -1.91. The molecule has 0 radical (unpaired) electrons. The predicted octanol–water partition coefficient (Wildman–Crippen LogP) is 3.36. The second kappa shape index (κ2) is 6.46. The molecule has 0 spiro atoms. The number of piperidine rings is 1. The molecule has 5 nitrogen and oxygen atoms in total. The van der Waals surface area contributed by atoms with Crippen LogP contribution in [0.15, 0.2) is 18.2 Å². The highest BCUT2D eigenvalue weighted by Crippen LogP contribution is 2.25. The fourth-order valence-electron chi connectivity index (χ4n) is 2.47. The summed E-state index contributed by atoms with van der Waals surface area (Å²) < 4.78 is 11.4. The first kappa shape index (κ1) is 16.5. The summed E-state index contributed by atoms with van der Waals surface area (Å²) in [7, 11) is 0. The van der Waals surface area contributed by atoms with Gasteiger partial charge < -0.3 is 20.1 Å². The molecule has 1 aromatic carbocycles. The van der Waals surface area contributed by atoms with Gasteiger partial charge in [0, 0.05) is 31.6 Å². The number of aryl methyl sites for hydroxylation is 1. The fraction of sp³-hybridized carbons (Fsp3) is 0.588. The first-order valence-electron chi connectivity index (χ1n) is 7.75. The number of carbonyl (C=O) groups excluding carboxylic acids is 1. The van der Waals surface area contributed by atoms with Crippen LogP contribution in [-0.2, 0) is 4.74 Å². The molecule has 1 aliphatic heterocycles. The number of carbonyl (C=O) groups is 1. The molecular formula is C17H26N2O3. The Kier molecular flexibility index (Phi) is 4.84. The summed E-state index contributed by atoms with van der Waals surface area (Å²) in [4.78, 5) is 13.8. The molecule has 0 saturated carbocycles. The largest absolute Gasteiger partial charge is 0.490 e. The van der Waals surface area contributed by atoms with E-state index in [0.29, 0.717) is 13.1 Å². The lowest BCUT2D eigenvalue weighted by atomic mass is 10.1. The Bertz CT molecular complexity index is 529. The van der Waals surface area contributed by atoms with Crippen molar-refractivity contribution in [3.8, 4) is 5.75 Å². The van der Waals surface area contributed by atoms with E-state index >= 15 is 0 Å². The van der Waals surface area contributed by atoms with E-state index in [1.165, 1.54) is 0 Å². The number of nitrogen functional groups attached to an aromatic ring is 1. The van der Waals surface area contributed by atoms with Gasteiger partial charge >= 0.3 is 6.09 Å². The molecule has 0 atom stereocenters. The van der Waals surface area contributed by atoms with Gasteiger partial charge in [0.2, 0.25) is 0 Å². The van der Waals surface area contributed by atoms with Gasteiger partial charge in [-0.1, -0.05) is 0 Å². The van der Waals surface area contributed by atoms with E-state index in [0.717, 1.165) is 29.8 Å². The molecule has 0 aliphatic carbocycles. The number of hydrogen-bond acceptors (Lipinski definition) is 4. The van der Waals surface area contributed by atoms with Crippen molar-refractivity contribution in [3.05, 3.63) is 23.8 Å². The summed E-state index contributed by atoms with van der Waals surface area (Å²) in [5, 5.41) is 0. The first-order chi connectivity index (χ1) is 10.2. The Morgan fingerprint density at radius 1 is 1.27 bits per heavy atom. The third kappa shape index (κ3) is 4.55. The maximum Gasteiger partial charge on any atom is 0.410 e. The van der Waals surface area contributed by atoms with Gasteiger partial charge in [-0.25, -0.2) is 4.79 Å². The van der Waals surface area contributed by atoms with Crippen molar-refractivity contribution in [3.63, 3.8) is 0 Å². The van der Waals surface area contributed by atoms with Gasteiger partial charge in [0.05, 0.1) is 0 Å². The molecule has 1 amide bonds. The Labute approximate surface area is 132 Å². The lowest BCUT2D eigenvalue weighted by molar-refractivity contribution is 0.0126. The standard InChI is InChI=1S/C17H26N2O3/c1-12-11-13(18)5-6-15(12)21-14-7-9-19(10-8-14)16(20)22-17(2,3)4/h5-6,11,14H,7-10,18H2,1-4H3. The molecule has 1 fully saturated rings.